The van der Waals surface area contributed by atoms with Gasteiger partial charge in [-0.15, -0.1) is 0 Å². The molecular weight excluding hydrogens is 789 g/mol. The molecule has 0 fully saturated rings. The Morgan fingerprint density at radius 3 is 1.83 bits per heavy atom. The van der Waals surface area contributed by atoms with Gasteiger partial charge in [-0.05, 0) is 110 Å². The lowest BCUT2D eigenvalue weighted by Gasteiger charge is -2.28. The van der Waals surface area contributed by atoms with Crippen molar-refractivity contribution in [2.45, 2.75) is 0 Å². The van der Waals surface area contributed by atoms with Crippen LogP contribution in [0.25, 0.3) is 104 Å². The molecule has 0 amide bonds. The third-order valence-corrected chi connectivity index (χ3v) is 12.4. The minimum atomic E-state index is -0.683. The van der Waals surface area contributed by atoms with Crippen LogP contribution in [0.2, 0.25) is 0 Å². The number of aromatic nitrogens is 1. The smallest absolute Gasteiger partial charge is 0.136 e. The highest BCUT2D eigenvalue weighted by Crippen LogP contribution is 2.46. The van der Waals surface area contributed by atoms with Gasteiger partial charge in [0.1, 0.15) is 11.2 Å². The lowest BCUT2D eigenvalue weighted by Crippen LogP contribution is -2.11. The molecule has 13 rings (SSSR count). The summed E-state index contributed by atoms with van der Waals surface area (Å²) in [7, 11) is 0. The maximum absolute atomic E-state index is 9.94. The molecular formula is C62H40N2O. The van der Waals surface area contributed by atoms with Crippen LogP contribution in [0.5, 0.6) is 0 Å². The van der Waals surface area contributed by atoms with Crippen molar-refractivity contribution in [2.24, 2.45) is 0 Å². The number of furan rings is 1. The molecule has 11 aromatic carbocycles. The van der Waals surface area contributed by atoms with Gasteiger partial charge >= 0.3 is 0 Å². The Morgan fingerprint density at radius 2 is 1.03 bits per heavy atom. The molecule has 2 aromatic heterocycles. The van der Waals surface area contributed by atoms with E-state index < -0.39 is 77.6 Å². The van der Waals surface area contributed by atoms with Crippen LogP contribution in [0.4, 0.5) is 17.1 Å². The molecule has 0 saturated carbocycles. The van der Waals surface area contributed by atoms with Gasteiger partial charge in [0.2, 0.25) is 0 Å². The van der Waals surface area contributed by atoms with Crippen LogP contribution in [0.15, 0.2) is 247 Å². The zero-order valence-electron chi connectivity index (χ0n) is 45.5. The van der Waals surface area contributed by atoms with E-state index in [0.29, 0.717) is 28.1 Å². The summed E-state index contributed by atoms with van der Waals surface area (Å²) in [4.78, 5) is 1.70. The third-order valence-electron chi connectivity index (χ3n) is 12.4. The van der Waals surface area contributed by atoms with E-state index in [1.807, 2.05) is 127 Å². The van der Waals surface area contributed by atoms with E-state index in [4.69, 9.17) is 14.0 Å². The van der Waals surface area contributed by atoms with Crippen molar-refractivity contribution in [3.63, 3.8) is 0 Å². The van der Waals surface area contributed by atoms with Crippen LogP contribution in [0, 0.1) is 0 Å². The van der Waals surface area contributed by atoms with Crippen molar-refractivity contribution in [1.29, 1.82) is 0 Å². The van der Waals surface area contributed by atoms with Crippen molar-refractivity contribution in [2.75, 3.05) is 4.90 Å². The number of fused-ring (bicyclic) bond motifs is 8. The predicted molar refractivity (Wildman–Crippen MR) is 274 cm³/mol. The highest BCUT2D eigenvalue weighted by Gasteiger charge is 2.22. The molecule has 3 nitrogen and oxygen atoms in total. The van der Waals surface area contributed by atoms with Crippen molar-refractivity contribution in [3.05, 3.63) is 242 Å². The third kappa shape index (κ3) is 6.05. The summed E-state index contributed by atoms with van der Waals surface area (Å²) >= 11 is 0. The van der Waals surface area contributed by atoms with E-state index in [0.717, 1.165) is 65.7 Å². The van der Waals surface area contributed by atoms with E-state index in [1.165, 1.54) is 0 Å². The van der Waals surface area contributed by atoms with Crippen molar-refractivity contribution >= 4 is 82.4 Å². The number of para-hydroxylation sites is 4. The Morgan fingerprint density at radius 1 is 0.385 bits per heavy atom. The Bertz CT molecular complexity index is 4530. The van der Waals surface area contributed by atoms with Gasteiger partial charge in [0.15, 0.2) is 0 Å². The van der Waals surface area contributed by atoms with Gasteiger partial charge in [0.05, 0.1) is 37.5 Å². The highest BCUT2D eigenvalue weighted by molar-refractivity contribution is 6.17. The van der Waals surface area contributed by atoms with Gasteiger partial charge in [-0.25, -0.2) is 0 Å². The fraction of sp³-hybridized carbons (Fsp3) is 0. The summed E-state index contributed by atoms with van der Waals surface area (Å²) in [6, 6.07) is 51.4. The van der Waals surface area contributed by atoms with Crippen LogP contribution < -0.4 is 4.90 Å². The molecule has 0 saturated heterocycles. The zero-order valence-corrected chi connectivity index (χ0v) is 34.5. The first-order valence-corrected chi connectivity index (χ1v) is 21.4. The minimum Gasteiger partial charge on any atom is -0.456 e. The molecule has 304 valence electrons. The van der Waals surface area contributed by atoms with Crippen LogP contribution in [-0.4, -0.2) is 4.57 Å². The molecule has 65 heavy (non-hydrogen) atoms. The Balaban J connectivity index is 1.06. The Kier molecular flexibility index (Phi) is 6.33. The molecule has 0 unspecified atom stereocenters. The monoisotopic (exact) mass is 839 g/mol. The summed E-state index contributed by atoms with van der Waals surface area (Å²) in [6.45, 7) is 0. The maximum atomic E-state index is 9.94. The van der Waals surface area contributed by atoms with E-state index in [2.05, 4.69) is 53.1 Å². The summed E-state index contributed by atoms with van der Waals surface area (Å²) in [6.07, 6.45) is 0. The summed E-state index contributed by atoms with van der Waals surface area (Å²) in [5, 5.41) is 5.34. The van der Waals surface area contributed by atoms with Crippen molar-refractivity contribution in [1.82, 2.24) is 4.57 Å². The second-order valence-corrected chi connectivity index (χ2v) is 16.0. The van der Waals surface area contributed by atoms with Crippen LogP contribution in [0.3, 0.4) is 0 Å². The standard InChI is InChI=1S/C62H40N2O/c1-2-17-45-40-61-55(39-44(45)16-1)62-54(25-14-30-60(62)65-61)53-23-8-10-27-57(53)63(46-35-31-42(32-36-46)49-24-13-18-41-15-3-4-19-48(41)49)47-37-33-43(34-38-47)50-20-5-9-26-56(50)64-58-28-11-6-21-51(58)52-22-7-12-29-59(52)64/h1-40H/i3D,4D,13D,15D,18D,19D,24D,31D,32D,35D,36D. The zero-order chi connectivity index (χ0) is 52.4. The van der Waals surface area contributed by atoms with Gasteiger partial charge in [0.25, 0.3) is 0 Å². The van der Waals surface area contributed by atoms with Crippen LogP contribution in [-0.2, 0) is 0 Å². The lowest BCUT2D eigenvalue weighted by molar-refractivity contribution is 0.669. The molecule has 0 atom stereocenters. The second kappa shape index (κ2) is 15.0. The topological polar surface area (TPSA) is 21.3 Å². The quantitative estimate of drug-likeness (QED) is 0.159. The van der Waals surface area contributed by atoms with Crippen molar-refractivity contribution < 1.29 is 19.5 Å². The second-order valence-electron chi connectivity index (χ2n) is 16.0. The number of nitrogens with zero attached hydrogens (tertiary/aromatic N) is 2. The molecule has 13 aromatic rings. The van der Waals surface area contributed by atoms with Gasteiger partial charge in [-0.2, -0.15) is 0 Å². The molecule has 0 aliphatic carbocycles. The number of benzene rings is 11. The molecule has 3 heteroatoms. The molecule has 0 N–H and O–H groups in total. The highest BCUT2D eigenvalue weighted by atomic mass is 16.3. The first kappa shape index (κ1) is 27.4. The van der Waals surface area contributed by atoms with Crippen LogP contribution in [0.1, 0.15) is 15.1 Å². The number of hydrogen-bond donors (Lipinski definition) is 0. The first-order chi connectivity index (χ1) is 36.8. The first-order valence-electron chi connectivity index (χ1n) is 26.9. The lowest BCUT2D eigenvalue weighted by atomic mass is 9.95. The van der Waals surface area contributed by atoms with Crippen LogP contribution >= 0.6 is 0 Å². The van der Waals surface area contributed by atoms with E-state index in [-0.39, 0.29) is 16.5 Å². The molecule has 0 aliphatic heterocycles. The number of hydrogen-bond acceptors (Lipinski definition) is 2. The number of anilines is 3. The average Bonchev–Trinajstić information content (AvgIpc) is 4.02. The largest absolute Gasteiger partial charge is 0.456 e. The predicted octanol–water partition coefficient (Wildman–Crippen LogP) is 17.5. The molecule has 0 radical (unpaired) electrons. The van der Waals surface area contributed by atoms with Gasteiger partial charge in [-0.1, -0.05) is 176 Å². The van der Waals surface area contributed by atoms with Crippen molar-refractivity contribution in [3.8, 4) is 39.1 Å². The van der Waals surface area contributed by atoms with Gasteiger partial charge in [0, 0.05) is 44.0 Å². The molecule has 0 bridgehead atoms. The normalized spacial score (nSPS) is 14.1. The summed E-state index contributed by atoms with van der Waals surface area (Å²) < 4.78 is 109. The fourth-order valence-electron chi connectivity index (χ4n) is 9.45. The SMILES string of the molecule is [2H]c1c([2H])c(N(c2ccc(-c3ccccc3-n3c4ccccc4c4ccccc43)cc2)c2ccccc2-c2cccc3oc4cc5ccccc5cc4c23)c([2H])c([2H])c1-c1c([2H])c([2H])c([2H])c2c([2H])c([2H])c([2H])c([2H])c12. The average molecular weight is 840 g/mol. The summed E-state index contributed by atoms with van der Waals surface area (Å²) in [5.41, 5.74) is 7.72. The Labute approximate surface area is 391 Å². The van der Waals surface area contributed by atoms with E-state index in [9.17, 15) is 5.48 Å². The minimum absolute atomic E-state index is 0.138. The fourth-order valence-corrected chi connectivity index (χ4v) is 9.45. The van der Waals surface area contributed by atoms with Gasteiger partial charge in [-0.3, -0.25) is 0 Å². The summed E-state index contributed by atoms with van der Waals surface area (Å²) in [5.74, 6) is 0. The molecule has 0 aliphatic rings. The van der Waals surface area contributed by atoms with E-state index >= 15 is 0 Å². The van der Waals surface area contributed by atoms with E-state index in [1.54, 1.807) is 4.90 Å². The number of rotatable bonds is 7. The van der Waals surface area contributed by atoms with Gasteiger partial charge < -0.3 is 13.9 Å². The molecule has 2 heterocycles. The Hall–Kier alpha value is -8.66. The molecule has 0 spiro atoms. The maximum Gasteiger partial charge on any atom is 0.136 e.